The van der Waals surface area contributed by atoms with Crippen LogP contribution in [0.5, 0.6) is 5.75 Å². The molecule has 0 saturated carbocycles. The van der Waals surface area contributed by atoms with E-state index in [2.05, 4.69) is 0 Å². The predicted octanol–water partition coefficient (Wildman–Crippen LogP) is 2.21. The average molecular weight is 320 g/mol. The van der Waals surface area contributed by atoms with E-state index in [0.717, 1.165) is 5.46 Å². The van der Waals surface area contributed by atoms with Crippen LogP contribution in [-0.2, 0) is 14.0 Å². The molecule has 6 heteroatoms. The van der Waals surface area contributed by atoms with E-state index >= 15 is 0 Å². The van der Waals surface area contributed by atoms with Crippen LogP contribution < -0.4 is 10.2 Å². The second-order valence-corrected chi connectivity index (χ2v) is 6.74. The minimum Gasteiger partial charge on any atom is -0.490 e. The Morgan fingerprint density at radius 1 is 1.13 bits per heavy atom. The Morgan fingerprint density at radius 2 is 1.74 bits per heavy atom. The van der Waals surface area contributed by atoms with Crippen molar-refractivity contribution in [2.24, 2.45) is 0 Å². The van der Waals surface area contributed by atoms with E-state index in [1.165, 1.54) is 6.92 Å². The molecule has 1 aromatic rings. The first kappa shape index (κ1) is 18.0. The van der Waals surface area contributed by atoms with Crippen molar-refractivity contribution >= 4 is 18.4 Å². The number of benzene rings is 1. The van der Waals surface area contributed by atoms with Gasteiger partial charge in [0.05, 0.1) is 23.4 Å². The monoisotopic (exact) mass is 320 g/mol. The van der Waals surface area contributed by atoms with Gasteiger partial charge >= 0.3 is 7.12 Å². The molecule has 23 heavy (non-hydrogen) atoms. The standard InChI is InChI=1S/C17H25BO5/c1-12(19)14-11-13(7-8-15(14)21-10-9-20-6)18-22-16(2,3)17(4,5)23-18/h7-8,11H,9-10H2,1-6H3. The van der Waals surface area contributed by atoms with Crippen LogP contribution in [0, 0.1) is 0 Å². The Morgan fingerprint density at radius 3 is 2.26 bits per heavy atom. The van der Waals surface area contributed by atoms with Gasteiger partial charge in [-0.15, -0.1) is 0 Å². The van der Waals surface area contributed by atoms with Crippen LogP contribution in [0.4, 0.5) is 0 Å². The highest BCUT2D eigenvalue weighted by molar-refractivity contribution is 6.62. The van der Waals surface area contributed by atoms with Gasteiger partial charge in [-0.1, -0.05) is 6.07 Å². The van der Waals surface area contributed by atoms with Crippen LogP contribution in [-0.4, -0.2) is 44.4 Å². The second-order valence-electron chi connectivity index (χ2n) is 6.74. The Kier molecular flexibility index (Phi) is 5.18. The zero-order chi connectivity index (χ0) is 17.3. The summed E-state index contributed by atoms with van der Waals surface area (Å²) in [4.78, 5) is 11.9. The maximum Gasteiger partial charge on any atom is 0.494 e. The lowest BCUT2D eigenvalue weighted by Crippen LogP contribution is -2.41. The molecular weight excluding hydrogens is 295 g/mol. The predicted molar refractivity (Wildman–Crippen MR) is 89.5 cm³/mol. The molecule has 0 radical (unpaired) electrons. The van der Waals surface area contributed by atoms with Gasteiger partial charge in [0.15, 0.2) is 5.78 Å². The molecule has 0 unspecified atom stereocenters. The number of rotatable bonds is 6. The molecule has 1 saturated heterocycles. The highest BCUT2D eigenvalue weighted by Gasteiger charge is 2.51. The van der Waals surface area contributed by atoms with Crippen molar-refractivity contribution in [3.05, 3.63) is 23.8 Å². The lowest BCUT2D eigenvalue weighted by Gasteiger charge is -2.32. The van der Waals surface area contributed by atoms with E-state index in [0.29, 0.717) is 24.5 Å². The molecule has 0 N–H and O–H groups in total. The molecule has 0 atom stereocenters. The summed E-state index contributed by atoms with van der Waals surface area (Å²) < 4.78 is 22.6. The summed E-state index contributed by atoms with van der Waals surface area (Å²) >= 11 is 0. The Labute approximate surface area is 138 Å². The van der Waals surface area contributed by atoms with Crippen molar-refractivity contribution in [3.8, 4) is 5.75 Å². The molecule has 126 valence electrons. The summed E-state index contributed by atoms with van der Waals surface area (Å²) in [6, 6.07) is 5.44. The summed E-state index contributed by atoms with van der Waals surface area (Å²) in [5, 5.41) is 0. The average Bonchev–Trinajstić information content (AvgIpc) is 2.67. The number of ether oxygens (including phenoxy) is 2. The third-order valence-electron chi connectivity index (χ3n) is 4.45. The molecule has 1 aromatic carbocycles. The van der Waals surface area contributed by atoms with E-state index in [1.54, 1.807) is 19.2 Å². The minimum atomic E-state index is -0.494. The quantitative estimate of drug-likeness (QED) is 0.457. The SMILES string of the molecule is COCCOc1ccc(B2OC(C)(C)C(C)(C)O2)cc1C(C)=O. The van der Waals surface area contributed by atoms with Gasteiger partial charge in [0, 0.05) is 7.11 Å². The summed E-state index contributed by atoms with van der Waals surface area (Å²) in [6.45, 7) is 10.4. The molecule has 0 spiro atoms. The number of Topliss-reactive ketones (excluding diaryl/α,β-unsaturated/α-hetero) is 1. The van der Waals surface area contributed by atoms with E-state index in [-0.39, 0.29) is 5.78 Å². The molecule has 1 fully saturated rings. The van der Waals surface area contributed by atoms with Crippen molar-refractivity contribution in [2.45, 2.75) is 45.8 Å². The van der Waals surface area contributed by atoms with Crippen molar-refractivity contribution in [2.75, 3.05) is 20.3 Å². The fourth-order valence-corrected chi connectivity index (χ4v) is 2.31. The number of carbonyl (C=O) groups excluding carboxylic acids is 1. The summed E-state index contributed by atoms with van der Waals surface area (Å²) in [7, 11) is 1.11. The molecule has 1 heterocycles. The van der Waals surface area contributed by atoms with Gasteiger partial charge in [0.25, 0.3) is 0 Å². The number of hydrogen-bond acceptors (Lipinski definition) is 5. The number of methoxy groups -OCH3 is 1. The lowest BCUT2D eigenvalue weighted by atomic mass is 9.78. The zero-order valence-corrected chi connectivity index (χ0v) is 14.8. The van der Waals surface area contributed by atoms with Gasteiger partial charge in [-0.05, 0) is 52.2 Å². The van der Waals surface area contributed by atoms with E-state index in [1.807, 2.05) is 33.8 Å². The molecule has 0 aromatic heterocycles. The van der Waals surface area contributed by atoms with Crippen molar-refractivity contribution in [3.63, 3.8) is 0 Å². The Bertz CT molecular complexity index is 566. The first-order chi connectivity index (χ1) is 10.7. The van der Waals surface area contributed by atoms with E-state index in [4.69, 9.17) is 18.8 Å². The molecule has 0 aliphatic carbocycles. The first-order valence-electron chi connectivity index (χ1n) is 7.80. The number of ketones is 1. The summed E-state index contributed by atoms with van der Waals surface area (Å²) in [5.41, 5.74) is 0.505. The third-order valence-corrected chi connectivity index (χ3v) is 4.45. The van der Waals surface area contributed by atoms with Crippen LogP contribution in [0.15, 0.2) is 18.2 Å². The lowest BCUT2D eigenvalue weighted by molar-refractivity contribution is 0.00578. The van der Waals surface area contributed by atoms with Crippen LogP contribution >= 0.6 is 0 Å². The van der Waals surface area contributed by atoms with Crippen LogP contribution in [0.2, 0.25) is 0 Å². The van der Waals surface area contributed by atoms with Gasteiger partial charge < -0.3 is 18.8 Å². The first-order valence-corrected chi connectivity index (χ1v) is 7.80. The summed E-state index contributed by atoms with van der Waals surface area (Å²) in [6.07, 6.45) is 0. The van der Waals surface area contributed by atoms with Crippen molar-refractivity contribution in [1.82, 2.24) is 0 Å². The van der Waals surface area contributed by atoms with Gasteiger partial charge in [-0.3, -0.25) is 4.79 Å². The topological polar surface area (TPSA) is 54.0 Å². The van der Waals surface area contributed by atoms with Gasteiger partial charge in [-0.2, -0.15) is 0 Å². The van der Waals surface area contributed by atoms with Gasteiger partial charge in [0.2, 0.25) is 0 Å². The molecule has 2 rings (SSSR count). The van der Waals surface area contributed by atoms with Crippen LogP contribution in [0.1, 0.15) is 45.0 Å². The number of hydrogen-bond donors (Lipinski definition) is 0. The van der Waals surface area contributed by atoms with Crippen LogP contribution in [0.3, 0.4) is 0 Å². The minimum absolute atomic E-state index is 0.0595. The zero-order valence-electron chi connectivity index (χ0n) is 14.8. The highest BCUT2D eigenvalue weighted by Crippen LogP contribution is 2.36. The maximum absolute atomic E-state index is 11.9. The van der Waals surface area contributed by atoms with Crippen molar-refractivity contribution < 1.29 is 23.6 Å². The van der Waals surface area contributed by atoms with E-state index < -0.39 is 18.3 Å². The Hall–Kier alpha value is -1.37. The normalized spacial score (nSPS) is 19.0. The van der Waals surface area contributed by atoms with Crippen LogP contribution in [0.25, 0.3) is 0 Å². The van der Waals surface area contributed by atoms with Gasteiger partial charge in [-0.25, -0.2) is 0 Å². The largest absolute Gasteiger partial charge is 0.494 e. The van der Waals surface area contributed by atoms with Gasteiger partial charge in [0.1, 0.15) is 12.4 Å². The fraction of sp³-hybridized carbons (Fsp3) is 0.588. The molecule has 1 aliphatic rings. The fourth-order valence-electron chi connectivity index (χ4n) is 2.31. The smallest absolute Gasteiger partial charge is 0.490 e. The molecule has 1 aliphatic heterocycles. The molecule has 0 amide bonds. The third kappa shape index (κ3) is 3.76. The van der Waals surface area contributed by atoms with E-state index in [9.17, 15) is 4.79 Å². The molecule has 0 bridgehead atoms. The maximum atomic E-state index is 11.9. The molecule has 5 nitrogen and oxygen atoms in total. The molecular formula is C17H25BO5. The second kappa shape index (κ2) is 6.63. The highest BCUT2D eigenvalue weighted by atomic mass is 16.7. The Balaban J connectivity index is 2.25. The van der Waals surface area contributed by atoms with Crippen molar-refractivity contribution in [1.29, 1.82) is 0 Å². The summed E-state index contributed by atoms with van der Waals surface area (Å²) in [5.74, 6) is 0.491. The number of carbonyl (C=O) groups is 1.